The van der Waals surface area contributed by atoms with Gasteiger partial charge in [0.15, 0.2) is 5.82 Å². The second kappa shape index (κ2) is 5.50. The number of hydrogen-bond acceptors (Lipinski definition) is 2. The molecule has 0 aliphatic carbocycles. The van der Waals surface area contributed by atoms with Crippen molar-refractivity contribution < 1.29 is 13.6 Å². The summed E-state index contributed by atoms with van der Waals surface area (Å²) in [5.41, 5.74) is 0.188. The summed E-state index contributed by atoms with van der Waals surface area (Å²) in [6.45, 7) is 0. The third-order valence-electron chi connectivity index (χ3n) is 2.08. The quantitative estimate of drug-likeness (QED) is 0.738. The summed E-state index contributed by atoms with van der Waals surface area (Å²) in [6.07, 6.45) is 0. The minimum Gasteiger partial charge on any atom is -0.318 e. The van der Waals surface area contributed by atoms with Gasteiger partial charge in [-0.1, -0.05) is 11.6 Å². The second-order valence-electron chi connectivity index (χ2n) is 3.34. The van der Waals surface area contributed by atoms with Crippen molar-refractivity contribution in [2.75, 3.05) is 5.32 Å². The SMILES string of the molecule is O=C(Nc1c(F)cc(F)cc1Cl)c1csc(I)c1. The molecule has 0 unspecified atom stereocenters. The number of thiophene rings is 1. The highest BCUT2D eigenvalue weighted by atomic mass is 127. The van der Waals surface area contributed by atoms with Crippen molar-refractivity contribution >= 4 is 57.1 Å². The fraction of sp³-hybridized carbons (Fsp3) is 0. The molecular weight excluding hydrogens is 395 g/mol. The standard InChI is InChI=1S/C11H5ClF2INOS/c12-7-2-6(13)3-8(14)10(7)16-11(17)5-1-9(15)18-4-5/h1-4H,(H,16,17). The van der Waals surface area contributed by atoms with Crippen LogP contribution < -0.4 is 5.32 Å². The Morgan fingerprint density at radius 1 is 1.33 bits per heavy atom. The average Bonchev–Trinajstić information content (AvgIpc) is 2.70. The molecule has 2 aromatic rings. The minimum atomic E-state index is -0.904. The molecule has 0 spiro atoms. The Labute approximate surface area is 124 Å². The summed E-state index contributed by atoms with van der Waals surface area (Å²) in [6, 6.07) is 3.27. The maximum atomic E-state index is 13.5. The first kappa shape index (κ1) is 13.7. The van der Waals surface area contributed by atoms with E-state index in [1.54, 1.807) is 11.4 Å². The van der Waals surface area contributed by atoms with Crippen LogP contribution in [0.15, 0.2) is 23.6 Å². The van der Waals surface area contributed by atoms with Gasteiger partial charge in [-0.2, -0.15) is 0 Å². The van der Waals surface area contributed by atoms with Gasteiger partial charge in [0, 0.05) is 11.4 Å². The maximum Gasteiger partial charge on any atom is 0.256 e. The van der Waals surface area contributed by atoms with Gasteiger partial charge in [-0.25, -0.2) is 8.78 Å². The summed E-state index contributed by atoms with van der Waals surface area (Å²) in [5.74, 6) is -2.18. The van der Waals surface area contributed by atoms with Crippen molar-refractivity contribution in [1.82, 2.24) is 0 Å². The topological polar surface area (TPSA) is 29.1 Å². The first-order valence-corrected chi connectivity index (χ1v) is 7.01. The molecule has 0 aliphatic rings. The zero-order valence-electron chi connectivity index (χ0n) is 8.64. The van der Waals surface area contributed by atoms with Gasteiger partial charge >= 0.3 is 0 Å². The lowest BCUT2D eigenvalue weighted by atomic mass is 10.2. The number of benzene rings is 1. The summed E-state index contributed by atoms with van der Waals surface area (Å²) in [4.78, 5) is 11.8. The highest BCUT2D eigenvalue weighted by Crippen LogP contribution is 2.27. The van der Waals surface area contributed by atoms with Crippen LogP contribution >= 0.6 is 45.5 Å². The van der Waals surface area contributed by atoms with E-state index in [0.29, 0.717) is 11.6 Å². The van der Waals surface area contributed by atoms with Crippen LogP contribution in [-0.4, -0.2) is 5.91 Å². The maximum absolute atomic E-state index is 13.5. The third kappa shape index (κ3) is 2.99. The first-order valence-electron chi connectivity index (χ1n) is 4.67. The molecule has 1 amide bonds. The van der Waals surface area contributed by atoms with Crippen molar-refractivity contribution in [3.05, 3.63) is 48.7 Å². The lowest BCUT2D eigenvalue weighted by Crippen LogP contribution is -2.12. The molecule has 1 aromatic heterocycles. The largest absolute Gasteiger partial charge is 0.318 e. The number of carbonyl (C=O) groups excluding carboxylic acids is 1. The van der Waals surface area contributed by atoms with Crippen LogP contribution in [-0.2, 0) is 0 Å². The summed E-state index contributed by atoms with van der Waals surface area (Å²) < 4.78 is 27.2. The van der Waals surface area contributed by atoms with E-state index in [-0.39, 0.29) is 10.7 Å². The Morgan fingerprint density at radius 2 is 2.06 bits per heavy atom. The van der Waals surface area contributed by atoms with Crippen LogP contribution in [0.5, 0.6) is 0 Å². The number of carbonyl (C=O) groups is 1. The fourth-order valence-corrected chi connectivity index (χ4v) is 2.84. The molecule has 1 aromatic carbocycles. The molecule has 0 atom stereocenters. The number of hydrogen-bond donors (Lipinski definition) is 1. The van der Waals surface area contributed by atoms with E-state index < -0.39 is 17.5 Å². The Bertz CT molecular complexity index is 594. The Hall–Kier alpha value is -0.730. The first-order chi connectivity index (χ1) is 8.47. The molecule has 1 N–H and O–H groups in total. The van der Waals surface area contributed by atoms with Crippen molar-refractivity contribution in [2.45, 2.75) is 0 Å². The van der Waals surface area contributed by atoms with E-state index in [1.807, 2.05) is 0 Å². The Morgan fingerprint density at radius 3 is 2.61 bits per heavy atom. The number of halogens is 4. The molecule has 0 radical (unpaired) electrons. The monoisotopic (exact) mass is 399 g/mol. The zero-order chi connectivity index (χ0) is 13.3. The van der Waals surface area contributed by atoms with E-state index in [4.69, 9.17) is 11.6 Å². The van der Waals surface area contributed by atoms with Gasteiger partial charge in [0.2, 0.25) is 0 Å². The van der Waals surface area contributed by atoms with Gasteiger partial charge in [0.1, 0.15) is 5.82 Å². The van der Waals surface area contributed by atoms with Gasteiger partial charge in [-0.15, -0.1) is 11.3 Å². The van der Waals surface area contributed by atoms with Crippen LogP contribution in [0.25, 0.3) is 0 Å². The molecule has 0 bridgehead atoms. The summed E-state index contributed by atoms with van der Waals surface area (Å²) in [7, 11) is 0. The molecule has 2 rings (SSSR count). The van der Waals surface area contributed by atoms with E-state index in [0.717, 1.165) is 8.95 Å². The number of anilines is 1. The van der Waals surface area contributed by atoms with Crippen LogP contribution in [0.1, 0.15) is 10.4 Å². The number of nitrogens with one attached hydrogen (secondary N) is 1. The van der Waals surface area contributed by atoms with E-state index in [2.05, 4.69) is 27.9 Å². The van der Waals surface area contributed by atoms with E-state index in [1.165, 1.54) is 11.3 Å². The lowest BCUT2D eigenvalue weighted by Gasteiger charge is -2.07. The molecule has 0 saturated heterocycles. The van der Waals surface area contributed by atoms with Crippen LogP contribution in [0.2, 0.25) is 5.02 Å². The molecule has 0 fully saturated rings. The molecule has 0 saturated carbocycles. The predicted molar refractivity (Wildman–Crippen MR) is 76.4 cm³/mol. The molecular formula is C11H5ClF2INOS. The highest BCUT2D eigenvalue weighted by molar-refractivity contribution is 14.1. The minimum absolute atomic E-state index is 0.175. The van der Waals surface area contributed by atoms with Crippen LogP contribution in [0.3, 0.4) is 0 Å². The molecule has 0 aliphatic heterocycles. The average molecular weight is 400 g/mol. The second-order valence-corrected chi connectivity index (χ2v) is 6.55. The summed E-state index contributed by atoms with van der Waals surface area (Å²) in [5, 5.41) is 3.80. The number of amides is 1. The van der Waals surface area contributed by atoms with Gasteiger partial charge in [0.25, 0.3) is 5.91 Å². The molecule has 94 valence electrons. The van der Waals surface area contributed by atoms with E-state index in [9.17, 15) is 13.6 Å². The van der Waals surface area contributed by atoms with Gasteiger partial charge in [0.05, 0.1) is 19.2 Å². The predicted octanol–water partition coefficient (Wildman–Crippen LogP) is 4.54. The normalized spacial score (nSPS) is 10.4. The van der Waals surface area contributed by atoms with Gasteiger partial charge < -0.3 is 5.32 Å². The molecule has 18 heavy (non-hydrogen) atoms. The molecule has 7 heteroatoms. The highest BCUT2D eigenvalue weighted by Gasteiger charge is 2.15. The smallest absolute Gasteiger partial charge is 0.256 e. The van der Waals surface area contributed by atoms with Crippen molar-refractivity contribution in [3.63, 3.8) is 0 Å². The van der Waals surface area contributed by atoms with Crippen LogP contribution in [0, 0.1) is 14.5 Å². The lowest BCUT2D eigenvalue weighted by molar-refractivity contribution is 0.102. The van der Waals surface area contributed by atoms with Crippen molar-refractivity contribution in [2.24, 2.45) is 0 Å². The zero-order valence-corrected chi connectivity index (χ0v) is 12.4. The van der Waals surface area contributed by atoms with Gasteiger partial charge in [-0.3, -0.25) is 4.79 Å². The molecule has 1 heterocycles. The van der Waals surface area contributed by atoms with Crippen molar-refractivity contribution in [1.29, 1.82) is 0 Å². The third-order valence-corrected chi connectivity index (χ3v) is 4.16. The fourth-order valence-electron chi connectivity index (χ4n) is 1.28. The Balaban J connectivity index is 2.27. The molecule has 2 nitrogen and oxygen atoms in total. The van der Waals surface area contributed by atoms with Crippen LogP contribution in [0.4, 0.5) is 14.5 Å². The van der Waals surface area contributed by atoms with Gasteiger partial charge in [-0.05, 0) is 34.7 Å². The van der Waals surface area contributed by atoms with Crippen molar-refractivity contribution in [3.8, 4) is 0 Å². The van der Waals surface area contributed by atoms with E-state index >= 15 is 0 Å². The summed E-state index contributed by atoms with van der Waals surface area (Å²) >= 11 is 9.14. The number of rotatable bonds is 2. The Kier molecular flexibility index (Phi) is 4.18.